The molecule has 0 bridgehead atoms. The molecule has 1 aromatic heterocycles. The molecular weight excluding hydrogens is 316 g/mol. The molecule has 134 valence electrons. The molecule has 0 atom stereocenters. The number of amides is 1. The zero-order chi connectivity index (χ0) is 17.4. The number of carbonyl (C=O) groups excluding carboxylic acids is 1. The molecule has 4 rings (SSSR count). The van der Waals surface area contributed by atoms with E-state index in [2.05, 4.69) is 29.2 Å². The van der Waals surface area contributed by atoms with Gasteiger partial charge in [0.1, 0.15) is 5.54 Å². The van der Waals surface area contributed by atoms with Gasteiger partial charge in [-0.15, -0.1) is 0 Å². The van der Waals surface area contributed by atoms with Gasteiger partial charge in [0.15, 0.2) is 0 Å². The summed E-state index contributed by atoms with van der Waals surface area (Å²) in [4.78, 5) is 15.4. The number of benzene rings is 1. The van der Waals surface area contributed by atoms with E-state index in [1.807, 2.05) is 29.1 Å². The van der Waals surface area contributed by atoms with Crippen molar-refractivity contribution in [1.82, 2.24) is 14.7 Å². The lowest BCUT2D eigenvalue weighted by Gasteiger charge is -2.49. The van der Waals surface area contributed by atoms with Gasteiger partial charge in [0.05, 0.1) is 18.7 Å². The van der Waals surface area contributed by atoms with Gasteiger partial charge < -0.3 is 10.1 Å². The van der Waals surface area contributed by atoms with E-state index in [0.717, 1.165) is 48.9 Å². The summed E-state index contributed by atoms with van der Waals surface area (Å²) in [7, 11) is 0. The highest BCUT2D eigenvalue weighted by molar-refractivity contribution is 6.00. The molecule has 0 spiro atoms. The Kier molecular flexibility index (Phi) is 4.25. The lowest BCUT2D eigenvalue weighted by atomic mass is 9.74. The average molecular weight is 342 g/mol. The predicted octanol–water partition coefficient (Wildman–Crippen LogP) is 2.81. The van der Waals surface area contributed by atoms with E-state index >= 15 is 0 Å². The second-order valence-corrected chi connectivity index (χ2v) is 7.42. The van der Waals surface area contributed by atoms with Gasteiger partial charge in [-0.1, -0.05) is 0 Å². The van der Waals surface area contributed by atoms with Gasteiger partial charge in [-0.3, -0.25) is 14.4 Å². The summed E-state index contributed by atoms with van der Waals surface area (Å²) in [5, 5.41) is 8.84. The number of fused-ring (bicyclic) bond motifs is 1. The lowest BCUT2D eigenvalue weighted by Crippen LogP contribution is -2.63. The van der Waals surface area contributed by atoms with Crippen molar-refractivity contribution in [2.24, 2.45) is 0 Å². The van der Waals surface area contributed by atoms with Crippen LogP contribution >= 0.6 is 0 Å². The molecule has 1 saturated carbocycles. The van der Waals surface area contributed by atoms with E-state index < -0.39 is 0 Å². The third-order valence-electron chi connectivity index (χ3n) is 5.53. The summed E-state index contributed by atoms with van der Waals surface area (Å²) in [5.74, 6) is 0.114. The van der Waals surface area contributed by atoms with Crippen LogP contribution in [-0.4, -0.2) is 52.4 Å². The van der Waals surface area contributed by atoms with Crippen LogP contribution in [0.4, 0.5) is 5.69 Å². The van der Waals surface area contributed by atoms with E-state index in [1.54, 1.807) is 0 Å². The van der Waals surface area contributed by atoms with Crippen LogP contribution in [0.3, 0.4) is 0 Å². The van der Waals surface area contributed by atoms with E-state index in [9.17, 15) is 4.79 Å². The number of carbonyl (C=O) groups is 1. The molecule has 1 aliphatic heterocycles. The highest BCUT2D eigenvalue weighted by atomic mass is 16.5. The number of nitrogens with one attached hydrogen (secondary N) is 1. The maximum Gasteiger partial charge on any atom is 0.244 e. The van der Waals surface area contributed by atoms with Crippen molar-refractivity contribution in [1.29, 1.82) is 0 Å². The molecule has 2 aromatic rings. The summed E-state index contributed by atoms with van der Waals surface area (Å²) in [6.45, 7) is 7.33. The van der Waals surface area contributed by atoms with E-state index in [0.29, 0.717) is 19.3 Å². The summed E-state index contributed by atoms with van der Waals surface area (Å²) in [6, 6.07) is 6.29. The Bertz CT molecular complexity index is 773. The Labute approximate surface area is 148 Å². The van der Waals surface area contributed by atoms with E-state index in [4.69, 9.17) is 4.74 Å². The van der Waals surface area contributed by atoms with Crippen LogP contribution in [0.5, 0.6) is 0 Å². The maximum absolute atomic E-state index is 13.0. The summed E-state index contributed by atoms with van der Waals surface area (Å²) < 4.78 is 7.40. The lowest BCUT2D eigenvalue weighted by molar-refractivity contribution is -0.139. The third-order valence-corrected chi connectivity index (χ3v) is 5.53. The Balaban J connectivity index is 1.54. The van der Waals surface area contributed by atoms with Gasteiger partial charge in [-0.05, 0) is 51.3 Å². The zero-order valence-electron chi connectivity index (χ0n) is 15.0. The number of hydrogen-bond donors (Lipinski definition) is 1. The van der Waals surface area contributed by atoms with Crippen molar-refractivity contribution >= 4 is 22.5 Å². The largest absolute Gasteiger partial charge is 0.379 e. The second-order valence-electron chi connectivity index (χ2n) is 7.42. The Morgan fingerprint density at radius 1 is 1.28 bits per heavy atom. The minimum Gasteiger partial charge on any atom is -0.379 e. The van der Waals surface area contributed by atoms with Gasteiger partial charge in [0.2, 0.25) is 5.91 Å². The summed E-state index contributed by atoms with van der Waals surface area (Å²) in [6.07, 6.45) is 5.03. The van der Waals surface area contributed by atoms with Gasteiger partial charge in [-0.2, -0.15) is 5.10 Å². The second kappa shape index (κ2) is 6.42. The molecule has 6 nitrogen and oxygen atoms in total. The SMILES string of the molecule is CC(C)n1cc2ccc(NC(=O)C3(N4CCOCC4)CCC3)cc2n1. The molecule has 25 heavy (non-hydrogen) atoms. The van der Waals surface area contributed by atoms with Crippen LogP contribution in [0.1, 0.15) is 39.2 Å². The number of anilines is 1. The predicted molar refractivity (Wildman–Crippen MR) is 97.7 cm³/mol. The molecule has 1 N–H and O–H groups in total. The molecule has 2 fully saturated rings. The van der Waals surface area contributed by atoms with Crippen LogP contribution in [0.2, 0.25) is 0 Å². The minimum absolute atomic E-state index is 0.114. The number of nitrogens with zero attached hydrogens (tertiary/aromatic N) is 3. The standard InChI is InChI=1S/C19H26N4O2/c1-14(2)23-13-15-4-5-16(12-17(15)21-23)20-18(24)19(6-3-7-19)22-8-10-25-11-9-22/h4-5,12-14H,3,6-11H2,1-2H3,(H,20,24). The van der Waals surface area contributed by atoms with Crippen molar-refractivity contribution < 1.29 is 9.53 Å². The molecule has 2 aliphatic rings. The topological polar surface area (TPSA) is 59.4 Å². The van der Waals surface area contributed by atoms with Crippen molar-refractivity contribution in [3.05, 3.63) is 24.4 Å². The van der Waals surface area contributed by atoms with Crippen LogP contribution in [-0.2, 0) is 9.53 Å². The first kappa shape index (κ1) is 16.5. The normalized spacial score (nSPS) is 20.6. The highest BCUT2D eigenvalue weighted by Crippen LogP contribution is 2.39. The minimum atomic E-state index is -0.351. The first-order valence-corrected chi connectivity index (χ1v) is 9.22. The number of aromatic nitrogens is 2. The molecule has 0 radical (unpaired) electrons. The van der Waals surface area contributed by atoms with Crippen molar-refractivity contribution in [2.45, 2.75) is 44.7 Å². The molecule has 1 amide bonds. The zero-order valence-corrected chi connectivity index (χ0v) is 15.0. The van der Waals surface area contributed by atoms with Crippen LogP contribution in [0, 0.1) is 0 Å². The van der Waals surface area contributed by atoms with Crippen molar-refractivity contribution in [3.63, 3.8) is 0 Å². The quantitative estimate of drug-likeness (QED) is 0.928. The monoisotopic (exact) mass is 342 g/mol. The molecule has 2 heterocycles. The summed E-state index contributed by atoms with van der Waals surface area (Å²) in [5.41, 5.74) is 1.39. The fourth-order valence-corrected chi connectivity index (χ4v) is 3.81. The molecule has 1 aliphatic carbocycles. The molecule has 1 saturated heterocycles. The van der Waals surface area contributed by atoms with Crippen molar-refractivity contribution in [3.8, 4) is 0 Å². The van der Waals surface area contributed by atoms with Gasteiger partial charge >= 0.3 is 0 Å². The van der Waals surface area contributed by atoms with Crippen molar-refractivity contribution in [2.75, 3.05) is 31.6 Å². The smallest absolute Gasteiger partial charge is 0.244 e. The molecule has 1 aromatic carbocycles. The van der Waals surface area contributed by atoms with E-state index in [-0.39, 0.29) is 11.4 Å². The molecule has 6 heteroatoms. The first-order chi connectivity index (χ1) is 12.1. The number of ether oxygens (including phenoxy) is 1. The Morgan fingerprint density at radius 2 is 2.04 bits per heavy atom. The molecule has 0 unspecified atom stereocenters. The number of morpholine rings is 1. The van der Waals surface area contributed by atoms with Gasteiger partial charge in [0.25, 0.3) is 0 Å². The van der Waals surface area contributed by atoms with Crippen LogP contribution in [0.25, 0.3) is 10.9 Å². The summed E-state index contributed by atoms with van der Waals surface area (Å²) >= 11 is 0. The average Bonchev–Trinajstić information content (AvgIpc) is 2.98. The fraction of sp³-hybridized carbons (Fsp3) is 0.579. The number of rotatable bonds is 4. The Hall–Kier alpha value is -1.92. The van der Waals surface area contributed by atoms with Crippen LogP contribution in [0.15, 0.2) is 24.4 Å². The molecular formula is C19H26N4O2. The number of hydrogen-bond acceptors (Lipinski definition) is 4. The van der Waals surface area contributed by atoms with Crippen LogP contribution < -0.4 is 5.32 Å². The highest BCUT2D eigenvalue weighted by Gasteiger charge is 2.49. The first-order valence-electron chi connectivity index (χ1n) is 9.22. The van der Waals surface area contributed by atoms with Gasteiger partial charge in [0, 0.05) is 36.4 Å². The van der Waals surface area contributed by atoms with E-state index in [1.165, 1.54) is 0 Å². The Morgan fingerprint density at radius 3 is 2.68 bits per heavy atom. The third kappa shape index (κ3) is 2.93. The van der Waals surface area contributed by atoms with Gasteiger partial charge in [-0.25, -0.2) is 0 Å². The maximum atomic E-state index is 13.0. The fourth-order valence-electron chi connectivity index (χ4n) is 3.81.